The van der Waals surface area contributed by atoms with Gasteiger partial charge in [-0.15, -0.1) is 0 Å². The average Bonchev–Trinajstić information content (AvgIpc) is 2.82. The first-order valence-corrected chi connectivity index (χ1v) is 11.1. The lowest BCUT2D eigenvalue weighted by Gasteiger charge is -2.33. The summed E-state index contributed by atoms with van der Waals surface area (Å²) in [5.74, 6) is -0.946. The number of hydrogen-bond donors (Lipinski definition) is 1. The van der Waals surface area contributed by atoms with E-state index in [1.54, 1.807) is 44.1 Å². The number of esters is 1. The van der Waals surface area contributed by atoms with Crippen LogP contribution in [0.15, 0.2) is 30.3 Å². The van der Waals surface area contributed by atoms with Crippen LogP contribution in [0.2, 0.25) is 0 Å². The first kappa shape index (κ1) is 25.9. The maximum Gasteiger partial charge on any atom is 0.310 e. The molecule has 2 rings (SSSR count). The average molecular weight is 460 g/mol. The summed E-state index contributed by atoms with van der Waals surface area (Å²) in [4.78, 5) is 52.3. The Bertz CT molecular complexity index is 867. The van der Waals surface area contributed by atoms with Crippen molar-refractivity contribution in [3.8, 4) is 5.75 Å². The van der Waals surface area contributed by atoms with Gasteiger partial charge in [-0.05, 0) is 50.5 Å². The molecule has 180 valence electrons. The maximum absolute atomic E-state index is 12.7. The standard InChI is InChI=1S/C24H33N3O6/c1-5-33-24(31)19-7-6-14-27(15-19)22(29)16-26(3)23(30)17(2)25-21(28)13-10-18-8-11-20(32-4)12-9-18/h8-13,17,19H,5-7,14-16H2,1-4H3,(H,25,28)/b13-10+. The Kier molecular flexibility index (Phi) is 9.90. The van der Waals surface area contributed by atoms with Crippen LogP contribution in [-0.4, -0.2) is 79.9 Å². The van der Waals surface area contributed by atoms with E-state index in [2.05, 4.69) is 5.32 Å². The zero-order valence-electron chi connectivity index (χ0n) is 19.7. The lowest BCUT2D eigenvalue weighted by molar-refractivity contribution is -0.152. The molecule has 2 atom stereocenters. The maximum atomic E-state index is 12.7. The number of carbonyl (C=O) groups is 4. The number of ether oxygens (including phenoxy) is 2. The van der Waals surface area contributed by atoms with Crippen LogP contribution in [0.5, 0.6) is 5.75 Å². The van der Waals surface area contributed by atoms with Crippen LogP contribution >= 0.6 is 0 Å². The van der Waals surface area contributed by atoms with Crippen molar-refractivity contribution < 1.29 is 28.7 Å². The fourth-order valence-corrected chi connectivity index (χ4v) is 3.58. The highest BCUT2D eigenvalue weighted by atomic mass is 16.5. The van der Waals surface area contributed by atoms with Gasteiger partial charge in [0.2, 0.25) is 17.7 Å². The first-order chi connectivity index (χ1) is 15.7. The van der Waals surface area contributed by atoms with Crippen molar-refractivity contribution in [2.45, 2.75) is 32.7 Å². The Morgan fingerprint density at radius 2 is 1.94 bits per heavy atom. The van der Waals surface area contributed by atoms with Crippen LogP contribution < -0.4 is 10.1 Å². The number of likely N-dealkylation sites (N-methyl/N-ethyl adjacent to an activating group) is 1. The number of rotatable bonds is 9. The van der Waals surface area contributed by atoms with Gasteiger partial charge in [-0.1, -0.05) is 12.1 Å². The minimum Gasteiger partial charge on any atom is -0.497 e. The predicted octanol–water partition coefficient (Wildman–Crippen LogP) is 1.47. The Morgan fingerprint density at radius 3 is 2.58 bits per heavy atom. The molecule has 0 aromatic heterocycles. The lowest BCUT2D eigenvalue weighted by atomic mass is 9.98. The summed E-state index contributed by atoms with van der Waals surface area (Å²) in [7, 11) is 3.09. The summed E-state index contributed by atoms with van der Waals surface area (Å²) in [6.07, 6.45) is 4.37. The third-order valence-electron chi connectivity index (χ3n) is 5.41. The summed E-state index contributed by atoms with van der Waals surface area (Å²) >= 11 is 0. The largest absolute Gasteiger partial charge is 0.497 e. The van der Waals surface area contributed by atoms with Crippen molar-refractivity contribution in [2.24, 2.45) is 5.92 Å². The number of nitrogens with zero attached hydrogens (tertiary/aromatic N) is 2. The van der Waals surface area contributed by atoms with Crippen LogP contribution in [0.3, 0.4) is 0 Å². The first-order valence-electron chi connectivity index (χ1n) is 11.1. The van der Waals surface area contributed by atoms with Gasteiger partial charge in [-0.25, -0.2) is 0 Å². The topological polar surface area (TPSA) is 105 Å². The summed E-state index contributed by atoms with van der Waals surface area (Å²) < 4.78 is 10.2. The number of amides is 3. The fourth-order valence-electron chi connectivity index (χ4n) is 3.58. The SMILES string of the molecule is CCOC(=O)C1CCCN(C(=O)CN(C)C(=O)C(C)NC(=O)/C=C/c2ccc(OC)cc2)C1. The third-order valence-corrected chi connectivity index (χ3v) is 5.41. The van der Waals surface area contributed by atoms with Crippen LogP contribution in [0.1, 0.15) is 32.3 Å². The molecule has 3 amide bonds. The van der Waals surface area contributed by atoms with Crippen molar-refractivity contribution in [3.05, 3.63) is 35.9 Å². The molecule has 1 aliphatic heterocycles. The molecule has 9 heteroatoms. The molecular formula is C24H33N3O6. The van der Waals surface area contributed by atoms with Crippen molar-refractivity contribution >= 4 is 29.8 Å². The third kappa shape index (κ3) is 7.93. The number of carbonyl (C=O) groups excluding carboxylic acids is 4. The Morgan fingerprint density at radius 1 is 1.24 bits per heavy atom. The summed E-state index contributed by atoms with van der Waals surface area (Å²) in [5, 5.41) is 2.61. The van der Waals surface area contributed by atoms with E-state index in [1.165, 1.54) is 18.0 Å². The van der Waals surface area contributed by atoms with Gasteiger partial charge in [0.05, 0.1) is 26.2 Å². The highest BCUT2D eigenvalue weighted by molar-refractivity contribution is 5.96. The molecular weight excluding hydrogens is 426 g/mol. The van der Waals surface area contributed by atoms with Gasteiger partial charge in [-0.3, -0.25) is 19.2 Å². The molecule has 1 aliphatic rings. The van der Waals surface area contributed by atoms with Crippen molar-refractivity contribution in [3.63, 3.8) is 0 Å². The molecule has 1 aromatic rings. The Hall–Kier alpha value is -3.36. The number of nitrogens with one attached hydrogen (secondary N) is 1. The van der Waals surface area contributed by atoms with E-state index < -0.39 is 11.9 Å². The quantitative estimate of drug-likeness (QED) is 0.443. The van der Waals surface area contributed by atoms with Crippen molar-refractivity contribution in [1.82, 2.24) is 15.1 Å². The van der Waals surface area contributed by atoms with E-state index in [1.807, 2.05) is 12.1 Å². The van der Waals surface area contributed by atoms with Crippen molar-refractivity contribution in [2.75, 3.05) is 40.4 Å². The molecule has 0 bridgehead atoms. The number of piperidine rings is 1. The molecule has 1 saturated heterocycles. The molecule has 2 unspecified atom stereocenters. The molecule has 1 fully saturated rings. The van der Waals surface area contributed by atoms with E-state index in [4.69, 9.17) is 9.47 Å². The predicted molar refractivity (Wildman–Crippen MR) is 123 cm³/mol. The number of likely N-dealkylation sites (tertiary alicyclic amines) is 1. The monoisotopic (exact) mass is 459 g/mol. The van der Waals surface area contributed by atoms with Crippen molar-refractivity contribution in [1.29, 1.82) is 0 Å². The van der Waals surface area contributed by atoms with E-state index in [0.717, 1.165) is 11.3 Å². The minimum absolute atomic E-state index is 0.129. The van der Waals surface area contributed by atoms with Gasteiger partial charge in [0.25, 0.3) is 0 Å². The Labute approximate surface area is 194 Å². The summed E-state index contributed by atoms with van der Waals surface area (Å²) in [6.45, 7) is 4.33. The molecule has 0 radical (unpaired) electrons. The van der Waals surface area contributed by atoms with E-state index >= 15 is 0 Å². The number of hydrogen-bond acceptors (Lipinski definition) is 6. The highest BCUT2D eigenvalue weighted by Gasteiger charge is 2.30. The van der Waals surface area contributed by atoms with E-state index in [-0.39, 0.29) is 30.2 Å². The van der Waals surface area contributed by atoms with Gasteiger partial charge >= 0.3 is 5.97 Å². The smallest absolute Gasteiger partial charge is 0.310 e. The molecule has 9 nitrogen and oxygen atoms in total. The highest BCUT2D eigenvalue weighted by Crippen LogP contribution is 2.18. The minimum atomic E-state index is -0.801. The molecule has 1 aromatic carbocycles. The molecule has 1 heterocycles. The molecule has 0 spiro atoms. The molecule has 1 N–H and O–H groups in total. The Balaban J connectivity index is 1.83. The summed E-state index contributed by atoms with van der Waals surface area (Å²) in [6, 6.07) is 6.39. The van der Waals surface area contributed by atoms with E-state index in [9.17, 15) is 19.2 Å². The van der Waals surface area contributed by atoms with Crippen LogP contribution in [0, 0.1) is 5.92 Å². The molecule has 33 heavy (non-hydrogen) atoms. The van der Waals surface area contributed by atoms with Gasteiger partial charge in [0.15, 0.2) is 0 Å². The zero-order chi connectivity index (χ0) is 24.4. The second-order valence-electron chi connectivity index (χ2n) is 7.96. The lowest BCUT2D eigenvalue weighted by Crippen LogP contribution is -2.50. The van der Waals surface area contributed by atoms with Gasteiger partial charge < -0.3 is 24.6 Å². The molecule has 0 aliphatic carbocycles. The zero-order valence-corrected chi connectivity index (χ0v) is 19.7. The second-order valence-corrected chi connectivity index (χ2v) is 7.96. The van der Waals surface area contributed by atoms with Crippen LogP contribution in [-0.2, 0) is 23.9 Å². The normalized spacial score (nSPS) is 16.7. The second kappa shape index (κ2) is 12.6. The summed E-state index contributed by atoms with van der Waals surface area (Å²) in [5.41, 5.74) is 0.815. The van der Waals surface area contributed by atoms with Gasteiger partial charge in [0, 0.05) is 26.2 Å². The number of benzene rings is 1. The van der Waals surface area contributed by atoms with Crippen LogP contribution in [0.25, 0.3) is 6.08 Å². The number of methoxy groups -OCH3 is 1. The van der Waals surface area contributed by atoms with Gasteiger partial charge in [-0.2, -0.15) is 0 Å². The van der Waals surface area contributed by atoms with Gasteiger partial charge in [0.1, 0.15) is 11.8 Å². The fraction of sp³-hybridized carbons (Fsp3) is 0.500. The molecule has 0 saturated carbocycles. The van der Waals surface area contributed by atoms with Crippen LogP contribution in [0.4, 0.5) is 0 Å². The van der Waals surface area contributed by atoms with E-state index in [0.29, 0.717) is 32.5 Å².